The summed E-state index contributed by atoms with van der Waals surface area (Å²) in [5, 5.41) is 4.51. The van der Waals surface area contributed by atoms with Crippen LogP contribution in [0.25, 0.3) is 33.0 Å². The molecular formula is C30H33N5O2. The predicted molar refractivity (Wildman–Crippen MR) is 149 cm³/mol. The Balaban J connectivity index is 1.49. The number of aromatic nitrogens is 2. The molecule has 7 nitrogen and oxygen atoms in total. The van der Waals surface area contributed by atoms with Crippen molar-refractivity contribution in [3.05, 3.63) is 66.0 Å². The van der Waals surface area contributed by atoms with E-state index in [-0.39, 0.29) is 11.8 Å². The van der Waals surface area contributed by atoms with Crippen LogP contribution in [-0.2, 0) is 16.1 Å². The number of nitrogens with one attached hydrogen (secondary N) is 2. The van der Waals surface area contributed by atoms with Crippen molar-refractivity contribution in [2.45, 2.75) is 32.2 Å². The zero-order valence-electron chi connectivity index (χ0n) is 21.5. The molecule has 4 aromatic rings. The fourth-order valence-electron chi connectivity index (χ4n) is 5.98. The molecule has 0 spiro atoms. The number of para-hydroxylation sites is 1. The Bertz CT molecular complexity index is 1530. The van der Waals surface area contributed by atoms with Gasteiger partial charge in [-0.2, -0.15) is 0 Å². The van der Waals surface area contributed by atoms with Crippen molar-refractivity contribution in [1.29, 1.82) is 0 Å². The summed E-state index contributed by atoms with van der Waals surface area (Å²) in [6.45, 7) is 4.30. The SMILES string of the molecule is CN(C)c1cccc2c1c(C1=C(c3c[nH]c4ccccc34)C(=O)NC1=O)cn2CCCN1CCCCC1. The minimum absolute atomic E-state index is 0.341. The molecule has 37 heavy (non-hydrogen) atoms. The number of rotatable bonds is 7. The molecule has 4 heterocycles. The van der Waals surface area contributed by atoms with Crippen LogP contribution in [0.3, 0.4) is 0 Å². The largest absolute Gasteiger partial charge is 0.377 e. The number of piperidine rings is 1. The van der Waals surface area contributed by atoms with Gasteiger partial charge >= 0.3 is 0 Å². The summed E-state index contributed by atoms with van der Waals surface area (Å²) in [7, 11) is 4.03. The van der Waals surface area contributed by atoms with Gasteiger partial charge in [-0.05, 0) is 57.1 Å². The number of fused-ring (bicyclic) bond motifs is 2. The molecule has 0 atom stereocenters. The maximum Gasteiger partial charge on any atom is 0.259 e. The fraction of sp³-hybridized carbons (Fsp3) is 0.333. The summed E-state index contributed by atoms with van der Waals surface area (Å²) in [6, 6.07) is 14.1. The lowest BCUT2D eigenvalue weighted by Gasteiger charge is -2.26. The summed E-state index contributed by atoms with van der Waals surface area (Å²) >= 11 is 0. The lowest BCUT2D eigenvalue weighted by Crippen LogP contribution is -2.31. The Morgan fingerprint density at radius 1 is 0.865 bits per heavy atom. The maximum absolute atomic E-state index is 13.4. The molecule has 2 amide bonds. The highest BCUT2D eigenvalue weighted by Crippen LogP contribution is 2.41. The van der Waals surface area contributed by atoms with E-state index < -0.39 is 0 Å². The number of benzene rings is 2. The minimum atomic E-state index is -0.349. The number of likely N-dealkylation sites (tertiary alicyclic amines) is 1. The Morgan fingerprint density at radius 3 is 2.41 bits per heavy atom. The van der Waals surface area contributed by atoms with Crippen molar-refractivity contribution in [2.24, 2.45) is 0 Å². The summed E-state index contributed by atoms with van der Waals surface area (Å²) in [5.41, 5.74) is 5.49. The number of aryl methyl sites for hydroxylation is 1. The lowest BCUT2D eigenvalue weighted by molar-refractivity contribution is -0.122. The molecule has 2 N–H and O–H groups in total. The predicted octanol–water partition coefficient (Wildman–Crippen LogP) is 4.63. The third kappa shape index (κ3) is 4.13. The molecule has 7 heteroatoms. The number of amides is 2. The average molecular weight is 496 g/mol. The van der Waals surface area contributed by atoms with E-state index in [1.165, 1.54) is 32.4 Å². The van der Waals surface area contributed by atoms with Crippen LogP contribution >= 0.6 is 0 Å². The lowest BCUT2D eigenvalue weighted by atomic mass is 9.95. The average Bonchev–Trinajstić information content (AvgIpc) is 3.57. The zero-order valence-corrected chi connectivity index (χ0v) is 21.5. The minimum Gasteiger partial charge on any atom is -0.377 e. The summed E-state index contributed by atoms with van der Waals surface area (Å²) in [6.07, 6.45) is 8.87. The third-order valence-corrected chi connectivity index (χ3v) is 7.75. The first-order chi connectivity index (χ1) is 18.0. The first-order valence-electron chi connectivity index (χ1n) is 13.2. The Kier molecular flexibility index (Phi) is 6.08. The number of nitrogens with zero attached hydrogens (tertiary/aromatic N) is 3. The smallest absolute Gasteiger partial charge is 0.259 e. The number of carbonyl (C=O) groups is 2. The third-order valence-electron chi connectivity index (χ3n) is 7.75. The number of carbonyl (C=O) groups excluding carboxylic acids is 2. The van der Waals surface area contributed by atoms with Gasteiger partial charge in [-0.15, -0.1) is 0 Å². The second kappa shape index (κ2) is 9.56. The molecule has 2 aromatic carbocycles. The van der Waals surface area contributed by atoms with Crippen molar-refractivity contribution in [2.75, 3.05) is 38.6 Å². The highest BCUT2D eigenvalue weighted by molar-refractivity contribution is 6.51. The molecule has 0 bridgehead atoms. The van der Waals surface area contributed by atoms with Gasteiger partial charge in [0.05, 0.1) is 16.7 Å². The second-order valence-corrected chi connectivity index (χ2v) is 10.3. The van der Waals surface area contributed by atoms with E-state index >= 15 is 0 Å². The van der Waals surface area contributed by atoms with Crippen LogP contribution in [0.5, 0.6) is 0 Å². The number of aromatic amines is 1. The first-order valence-corrected chi connectivity index (χ1v) is 13.2. The van der Waals surface area contributed by atoms with Gasteiger partial charge in [0.15, 0.2) is 0 Å². The molecule has 1 fully saturated rings. The van der Waals surface area contributed by atoms with Gasteiger partial charge in [0.2, 0.25) is 0 Å². The quantitative estimate of drug-likeness (QED) is 0.367. The van der Waals surface area contributed by atoms with Crippen LogP contribution < -0.4 is 10.2 Å². The van der Waals surface area contributed by atoms with Crippen LogP contribution in [0.2, 0.25) is 0 Å². The van der Waals surface area contributed by atoms with Crippen LogP contribution in [0.15, 0.2) is 54.9 Å². The van der Waals surface area contributed by atoms with E-state index in [0.29, 0.717) is 11.1 Å². The normalized spacial score (nSPS) is 16.8. The van der Waals surface area contributed by atoms with Crippen LogP contribution in [-0.4, -0.2) is 60.0 Å². The van der Waals surface area contributed by atoms with Crippen molar-refractivity contribution in [1.82, 2.24) is 19.8 Å². The van der Waals surface area contributed by atoms with Gasteiger partial charge in [0.25, 0.3) is 11.8 Å². The van der Waals surface area contributed by atoms with Gasteiger partial charge < -0.3 is 19.4 Å². The molecular weight excluding hydrogens is 462 g/mol. The van der Waals surface area contributed by atoms with Gasteiger partial charge in [-0.1, -0.05) is 30.7 Å². The first kappa shape index (κ1) is 23.6. The van der Waals surface area contributed by atoms with Gasteiger partial charge in [-0.3, -0.25) is 14.9 Å². The molecule has 2 aliphatic rings. The van der Waals surface area contributed by atoms with Gasteiger partial charge in [0, 0.05) is 66.1 Å². The summed E-state index contributed by atoms with van der Waals surface area (Å²) in [4.78, 5) is 34.4. The molecule has 0 saturated carbocycles. The summed E-state index contributed by atoms with van der Waals surface area (Å²) in [5.74, 6) is -0.690. The van der Waals surface area contributed by atoms with E-state index in [1.807, 2.05) is 44.6 Å². The van der Waals surface area contributed by atoms with Crippen molar-refractivity contribution in [3.8, 4) is 0 Å². The number of hydrogen-bond donors (Lipinski definition) is 2. The Hall–Kier alpha value is -3.84. The Morgan fingerprint density at radius 2 is 1.62 bits per heavy atom. The van der Waals surface area contributed by atoms with Crippen molar-refractivity contribution in [3.63, 3.8) is 0 Å². The van der Waals surface area contributed by atoms with Crippen LogP contribution in [0.4, 0.5) is 5.69 Å². The standard InChI is InChI=1S/C30H33N5O2/c1-33(2)24-12-8-13-25-26(24)22(19-35(25)17-9-16-34-14-6-3-7-15-34)28-27(29(36)32-30(28)37)21-18-31-23-11-5-4-10-20(21)23/h4-5,8,10-13,18-19,31H,3,6-7,9,14-17H2,1-2H3,(H,32,36,37). The second-order valence-electron chi connectivity index (χ2n) is 10.3. The van der Waals surface area contributed by atoms with Gasteiger partial charge in [0.1, 0.15) is 0 Å². The van der Waals surface area contributed by atoms with Crippen molar-refractivity contribution >= 4 is 50.5 Å². The molecule has 1 saturated heterocycles. The monoisotopic (exact) mass is 495 g/mol. The Labute approximate surface area is 216 Å². The summed E-state index contributed by atoms with van der Waals surface area (Å²) < 4.78 is 2.26. The van der Waals surface area contributed by atoms with E-state index in [9.17, 15) is 9.59 Å². The number of imide groups is 1. The molecule has 0 unspecified atom stereocenters. The van der Waals surface area contributed by atoms with E-state index in [0.717, 1.165) is 58.1 Å². The molecule has 2 aliphatic heterocycles. The van der Waals surface area contributed by atoms with Crippen LogP contribution in [0.1, 0.15) is 36.8 Å². The van der Waals surface area contributed by atoms with Crippen LogP contribution in [0, 0.1) is 0 Å². The number of anilines is 1. The zero-order chi connectivity index (χ0) is 25.5. The highest BCUT2D eigenvalue weighted by Gasteiger charge is 2.35. The van der Waals surface area contributed by atoms with E-state index in [1.54, 1.807) is 0 Å². The topological polar surface area (TPSA) is 73.4 Å². The molecule has 190 valence electrons. The van der Waals surface area contributed by atoms with Crippen molar-refractivity contribution < 1.29 is 9.59 Å². The highest BCUT2D eigenvalue weighted by atomic mass is 16.2. The number of hydrogen-bond acceptors (Lipinski definition) is 4. The molecule has 0 aliphatic carbocycles. The maximum atomic E-state index is 13.4. The van der Waals surface area contributed by atoms with E-state index in [2.05, 4.69) is 49.1 Å². The fourth-order valence-corrected chi connectivity index (χ4v) is 5.98. The number of H-pyrrole nitrogens is 1. The molecule has 2 aromatic heterocycles. The molecule has 6 rings (SSSR count). The van der Waals surface area contributed by atoms with Gasteiger partial charge in [-0.25, -0.2) is 0 Å². The molecule has 0 radical (unpaired) electrons. The van der Waals surface area contributed by atoms with E-state index in [4.69, 9.17) is 0 Å².